The van der Waals surface area contributed by atoms with Gasteiger partial charge in [-0.2, -0.15) is 18.3 Å². The molecule has 0 spiro atoms. The van der Waals surface area contributed by atoms with Crippen LogP contribution in [0.1, 0.15) is 5.69 Å². The normalized spacial score (nSPS) is 13.2. The van der Waals surface area contributed by atoms with Gasteiger partial charge in [-0.3, -0.25) is 4.68 Å². The summed E-state index contributed by atoms with van der Waals surface area (Å²) >= 11 is 0. The number of sulfonamides is 1. The van der Waals surface area contributed by atoms with Crippen molar-refractivity contribution in [3.8, 4) is 0 Å². The molecular formula is C5H6F3N3O2S. The molecule has 80 valence electrons. The molecule has 0 bridgehead atoms. The van der Waals surface area contributed by atoms with Crippen molar-refractivity contribution in [3.63, 3.8) is 0 Å². The number of halogens is 3. The van der Waals surface area contributed by atoms with Crippen LogP contribution in [-0.2, 0) is 23.2 Å². The fraction of sp³-hybridized carbons (Fsp3) is 0.400. The molecule has 0 saturated heterocycles. The van der Waals surface area contributed by atoms with Gasteiger partial charge in [0.15, 0.2) is 5.03 Å². The molecule has 1 heterocycles. The van der Waals surface area contributed by atoms with Crippen LogP contribution in [0.4, 0.5) is 13.2 Å². The van der Waals surface area contributed by atoms with Crippen molar-refractivity contribution >= 4 is 10.0 Å². The molecule has 9 heteroatoms. The second-order valence-electron chi connectivity index (χ2n) is 2.53. The lowest BCUT2D eigenvalue weighted by Gasteiger charge is -2.04. The van der Waals surface area contributed by atoms with Gasteiger partial charge >= 0.3 is 6.18 Å². The molecule has 5 nitrogen and oxygen atoms in total. The predicted octanol–water partition coefficient (Wildman–Crippen LogP) is 0.0863. The van der Waals surface area contributed by atoms with Crippen molar-refractivity contribution in [2.75, 3.05) is 0 Å². The summed E-state index contributed by atoms with van der Waals surface area (Å²) in [5, 5.41) is 6.94. The van der Waals surface area contributed by atoms with Crippen molar-refractivity contribution in [3.05, 3.63) is 11.8 Å². The first-order valence-electron chi connectivity index (χ1n) is 3.26. The number of hydrogen-bond donors (Lipinski definition) is 1. The summed E-state index contributed by atoms with van der Waals surface area (Å²) in [7, 11) is -3.21. The van der Waals surface area contributed by atoms with Gasteiger partial charge in [0.2, 0.25) is 0 Å². The molecule has 0 unspecified atom stereocenters. The summed E-state index contributed by atoms with van der Waals surface area (Å²) in [5.41, 5.74) is -1.17. The van der Waals surface area contributed by atoms with Crippen molar-refractivity contribution in [2.24, 2.45) is 12.2 Å². The molecule has 1 aromatic rings. The van der Waals surface area contributed by atoms with Gasteiger partial charge in [-0.15, -0.1) is 0 Å². The fourth-order valence-corrected chi connectivity index (χ4v) is 1.36. The Morgan fingerprint density at radius 2 is 2.00 bits per heavy atom. The molecule has 0 aliphatic rings. The highest BCUT2D eigenvalue weighted by molar-refractivity contribution is 7.89. The third kappa shape index (κ3) is 2.04. The smallest absolute Gasteiger partial charge is 0.262 e. The van der Waals surface area contributed by atoms with E-state index in [0.29, 0.717) is 10.7 Å². The topological polar surface area (TPSA) is 78.0 Å². The first-order chi connectivity index (χ1) is 6.12. The summed E-state index contributed by atoms with van der Waals surface area (Å²) in [6.07, 6.45) is -4.65. The molecule has 2 N–H and O–H groups in total. The summed E-state index contributed by atoms with van der Waals surface area (Å²) in [6.45, 7) is 0. The van der Waals surface area contributed by atoms with Crippen molar-refractivity contribution < 1.29 is 21.6 Å². The van der Waals surface area contributed by atoms with Crippen LogP contribution in [0.3, 0.4) is 0 Å². The zero-order valence-electron chi connectivity index (χ0n) is 6.91. The minimum Gasteiger partial charge on any atom is -0.262 e. The molecule has 0 radical (unpaired) electrons. The van der Waals surface area contributed by atoms with Gasteiger partial charge in [-0.05, 0) is 0 Å². The number of nitrogens with zero attached hydrogens (tertiary/aromatic N) is 2. The summed E-state index contributed by atoms with van der Waals surface area (Å²) in [4.78, 5) is 0. The molecule has 0 aromatic carbocycles. The number of aromatic nitrogens is 2. The zero-order valence-corrected chi connectivity index (χ0v) is 7.72. The van der Waals surface area contributed by atoms with Gasteiger partial charge in [0.1, 0.15) is 5.69 Å². The fourth-order valence-electron chi connectivity index (χ4n) is 0.845. The maximum absolute atomic E-state index is 12.2. The second-order valence-corrected chi connectivity index (χ2v) is 4.04. The van der Waals surface area contributed by atoms with Gasteiger partial charge in [0.05, 0.1) is 0 Å². The van der Waals surface area contributed by atoms with E-state index in [1.807, 2.05) is 0 Å². The largest absolute Gasteiger partial charge is 0.433 e. The number of alkyl halides is 3. The number of primary sulfonamides is 1. The number of rotatable bonds is 1. The van der Waals surface area contributed by atoms with Gasteiger partial charge in [-0.1, -0.05) is 0 Å². The van der Waals surface area contributed by atoms with E-state index < -0.39 is 26.9 Å². The lowest BCUT2D eigenvalue weighted by Crippen LogP contribution is -2.13. The van der Waals surface area contributed by atoms with Gasteiger partial charge in [-0.25, -0.2) is 13.6 Å². The molecule has 0 aliphatic heterocycles. The van der Waals surface area contributed by atoms with E-state index in [2.05, 4.69) is 10.2 Å². The number of aryl methyl sites for hydroxylation is 1. The third-order valence-corrected chi connectivity index (χ3v) is 2.22. The van der Waals surface area contributed by atoms with Crippen LogP contribution in [0.25, 0.3) is 0 Å². The number of hydrogen-bond acceptors (Lipinski definition) is 3. The monoisotopic (exact) mass is 229 g/mol. The van der Waals surface area contributed by atoms with E-state index in [1.165, 1.54) is 0 Å². The molecule has 0 saturated carbocycles. The highest BCUT2D eigenvalue weighted by atomic mass is 32.2. The summed E-state index contributed by atoms with van der Waals surface area (Å²) in [5.74, 6) is 0. The SMILES string of the molecule is Cn1nc(S(N)(=O)=O)cc1C(F)(F)F. The van der Waals surface area contributed by atoms with Crippen molar-refractivity contribution in [2.45, 2.75) is 11.2 Å². The molecule has 0 atom stereocenters. The van der Waals surface area contributed by atoms with Crippen LogP contribution >= 0.6 is 0 Å². The lowest BCUT2D eigenvalue weighted by atomic mass is 10.4. The standard InChI is InChI=1S/C5H6F3N3O2S/c1-11-3(5(6,7)8)2-4(10-11)14(9,12)13/h2H,1H3,(H2,9,12,13). The Morgan fingerprint density at radius 1 is 1.50 bits per heavy atom. The van der Waals surface area contributed by atoms with E-state index in [9.17, 15) is 21.6 Å². The summed E-state index contributed by atoms with van der Waals surface area (Å²) < 4.78 is 58.2. The third-order valence-electron chi connectivity index (χ3n) is 1.44. The molecule has 14 heavy (non-hydrogen) atoms. The zero-order chi connectivity index (χ0) is 11.1. The van der Waals surface area contributed by atoms with E-state index in [0.717, 1.165) is 7.05 Å². The van der Waals surface area contributed by atoms with Crippen LogP contribution in [0.15, 0.2) is 11.1 Å². The average molecular weight is 229 g/mol. The first-order valence-corrected chi connectivity index (χ1v) is 4.81. The second kappa shape index (κ2) is 2.95. The molecule has 0 aliphatic carbocycles. The Morgan fingerprint density at radius 3 is 2.21 bits per heavy atom. The van der Waals surface area contributed by atoms with E-state index >= 15 is 0 Å². The van der Waals surface area contributed by atoms with E-state index in [-0.39, 0.29) is 0 Å². The Balaban J connectivity index is 3.33. The van der Waals surface area contributed by atoms with Gasteiger partial charge in [0.25, 0.3) is 10.0 Å². The predicted molar refractivity (Wildman–Crippen MR) is 39.6 cm³/mol. The van der Waals surface area contributed by atoms with Crippen LogP contribution in [0, 0.1) is 0 Å². The highest BCUT2D eigenvalue weighted by Gasteiger charge is 2.36. The lowest BCUT2D eigenvalue weighted by molar-refractivity contribution is -0.143. The van der Waals surface area contributed by atoms with E-state index in [1.54, 1.807) is 0 Å². The average Bonchev–Trinajstić information content (AvgIpc) is 2.27. The van der Waals surface area contributed by atoms with Crippen LogP contribution in [0.2, 0.25) is 0 Å². The van der Waals surface area contributed by atoms with Gasteiger partial charge in [0, 0.05) is 13.1 Å². The highest BCUT2D eigenvalue weighted by Crippen LogP contribution is 2.29. The maximum Gasteiger partial charge on any atom is 0.433 e. The molecule has 0 fully saturated rings. The van der Waals surface area contributed by atoms with Crippen molar-refractivity contribution in [1.29, 1.82) is 0 Å². The first kappa shape index (κ1) is 11.0. The van der Waals surface area contributed by atoms with Crippen LogP contribution in [0.5, 0.6) is 0 Å². The molecule has 1 rings (SSSR count). The Hall–Kier alpha value is -1.09. The molecule has 0 amide bonds. The Labute approximate surface area is 77.4 Å². The minimum atomic E-state index is -4.65. The van der Waals surface area contributed by atoms with Crippen molar-refractivity contribution in [1.82, 2.24) is 9.78 Å². The maximum atomic E-state index is 12.2. The quantitative estimate of drug-likeness (QED) is 0.741. The van der Waals surface area contributed by atoms with Crippen LogP contribution < -0.4 is 5.14 Å². The Kier molecular flexibility index (Phi) is 2.32. The minimum absolute atomic E-state index is 0.384. The molecule has 1 aromatic heterocycles. The van der Waals surface area contributed by atoms with Crippen LogP contribution in [-0.4, -0.2) is 18.2 Å². The summed E-state index contributed by atoms with van der Waals surface area (Å²) in [6, 6.07) is 0.384. The van der Waals surface area contributed by atoms with Gasteiger partial charge < -0.3 is 0 Å². The number of nitrogens with two attached hydrogens (primary N) is 1. The van der Waals surface area contributed by atoms with E-state index in [4.69, 9.17) is 0 Å². The molecular weight excluding hydrogens is 223 g/mol. The Bertz CT molecular complexity index is 447.